The lowest BCUT2D eigenvalue weighted by Gasteiger charge is -2.12. The average Bonchev–Trinajstić information content (AvgIpc) is 2.11. The van der Waals surface area contributed by atoms with Gasteiger partial charge in [-0.15, -0.1) is 0 Å². The zero-order chi connectivity index (χ0) is 10.7. The molecule has 1 aromatic carbocycles. The lowest BCUT2D eigenvalue weighted by atomic mass is 9.99. The van der Waals surface area contributed by atoms with Gasteiger partial charge in [0.15, 0.2) is 0 Å². The normalized spacial score (nSPS) is 12.2. The fraction of sp³-hybridized carbons (Fsp3) is 0.300. The van der Waals surface area contributed by atoms with E-state index in [1.54, 1.807) is 0 Å². The molecule has 0 aliphatic carbocycles. The van der Waals surface area contributed by atoms with Crippen LogP contribution in [-0.4, -0.2) is 0 Å². The number of nitrogens with zero attached hydrogens (tertiary/aromatic N) is 1. The van der Waals surface area contributed by atoms with Crippen molar-refractivity contribution < 1.29 is 8.78 Å². The van der Waals surface area contributed by atoms with E-state index in [0.717, 1.165) is 6.07 Å². The smallest absolute Gasteiger partial charge is 0.129 e. The van der Waals surface area contributed by atoms with Gasteiger partial charge in [-0.1, -0.05) is 0 Å². The highest BCUT2D eigenvalue weighted by atomic mass is 19.1. The number of hydrogen-bond donors (Lipinski definition) is 1. The quantitative estimate of drug-likeness (QED) is 0.788. The second-order valence-electron chi connectivity index (χ2n) is 3.07. The summed E-state index contributed by atoms with van der Waals surface area (Å²) < 4.78 is 25.9. The summed E-state index contributed by atoms with van der Waals surface area (Å²) >= 11 is 0. The predicted octanol–water partition coefficient (Wildman–Crippen LogP) is 2.19. The van der Waals surface area contributed by atoms with Crippen LogP contribution >= 0.6 is 0 Å². The summed E-state index contributed by atoms with van der Waals surface area (Å²) in [6.45, 7) is 1.52. The fourth-order valence-electron chi connectivity index (χ4n) is 1.26. The van der Waals surface area contributed by atoms with Crippen molar-refractivity contribution in [2.45, 2.75) is 19.4 Å². The first kappa shape index (κ1) is 10.6. The molecule has 0 amide bonds. The third-order valence-corrected chi connectivity index (χ3v) is 2.06. The third-order valence-electron chi connectivity index (χ3n) is 2.06. The Labute approximate surface area is 81.0 Å². The van der Waals surface area contributed by atoms with Crippen LogP contribution in [0.1, 0.15) is 23.6 Å². The topological polar surface area (TPSA) is 49.8 Å². The van der Waals surface area contributed by atoms with Gasteiger partial charge in [-0.3, -0.25) is 0 Å². The van der Waals surface area contributed by atoms with Crippen molar-refractivity contribution in [1.82, 2.24) is 0 Å². The van der Waals surface area contributed by atoms with Crippen LogP contribution in [0.5, 0.6) is 0 Å². The minimum absolute atomic E-state index is 0.0454. The molecule has 2 nitrogen and oxygen atoms in total. The van der Waals surface area contributed by atoms with Gasteiger partial charge in [0.25, 0.3) is 0 Å². The number of halogens is 2. The first-order chi connectivity index (χ1) is 6.56. The molecule has 0 unspecified atom stereocenters. The molecule has 2 N–H and O–H groups in total. The van der Waals surface area contributed by atoms with Crippen LogP contribution in [0.4, 0.5) is 8.78 Å². The van der Waals surface area contributed by atoms with Crippen LogP contribution in [0.2, 0.25) is 0 Å². The van der Waals surface area contributed by atoms with Crippen LogP contribution < -0.4 is 5.73 Å². The molecule has 1 rings (SSSR count). The number of rotatable bonds is 2. The summed E-state index contributed by atoms with van der Waals surface area (Å²) in [6, 6.07) is 3.20. The van der Waals surface area contributed by atoms with E-state index < -0.39 is 17.7 Å². The van der Waals surface area contributed by atoms with Gasteiger partial charge in [0.05, 0.1) is 12.5 Å². The van der Waals surface area contributed by atoms with Crippen molar-refractivity contribution in [3.05, 3.63) is 34.9 Å². The summed E-state index contributed by atoms with van der Waals surface area (Å²) in [5, 5.41) is 8.41. The Balaban J connectivity index is 3.14. The number of nitrogens with two attached hydrogens (primary N) is 1. The monoisotopic (exact) mass is 196 g/mol. The number of hydrogen-bond acceptors (Lipinski definition) is 2. The van der Waals surface area contributed by atoms with Crippen molar-refractivity contribution in [2.24, 2.45) is 5.73 Å². The Hall–Kier alpha value is -1.47. The summed E-state index contributed by atoms with van der Waals surface area (Å²) in [6.07, 6.45) is 0.0454. The highest BCUT2D eigenvalue weighted by Crippen LogP contribution is 2.21. The van der Waals surface area contributed by atoms with E-state index in [4.69, 9.17) is 11.0 Å². The van der Waals surface area contributed by atoms with E-state index in [9.17, 15) is 8.78 Å². The van der Waals surface area contributed by atoms with Crippen LogP contribution in [0.3, 0.4) is 0 Å². The Morgan fingerprint density at radius 3 is 2.71 bits per heavy atom. The van der Waals surface area contributed by atoms with Crippen molar-refractivity contribution in [2.75, 3.05) is 0 Å². The Morgan fingerprint density at radius 2 is 2.14 bits per heavy atom. The third kappa shape index (κ3) is 2.06. The molecule has 0 heterocycles. The first-order valence-corrected chi connectivity index (χ1v) is 4.14. The van der Waals surface area contributed by atoms with E-state index in [1.807, 2.05) is 6.07 Å². The maximum Gasteiger partial charge on any atom is 0.129 e. The second kappa shape index (κ2) is 4.16. The lowest BCUT2D eigenvalue weighted by Crippen LogP contribution is -2.12. The van der Waals surface area contributed by atoms with Gasteiger partial charge in [-0.2, -0.15) is 5.26 Å². The molecule has 0 aliphatic rings. The molecule has 14 heavy (non-hydrogen) atoms. The average molecular weight is 196 g/mol. The molecule has 1 aromatic rings. The largest absolute Gasteiger partial charge is 0.323 e. The van der Waals surface area contributed by atoms with Gasteiger partial charge in [-0.25, -0.2) is 8.78 Å². The van der Waals surface area contributed by atoms with Gasteiger partial charge in [0.2, 0.25) is 0 Å². The molecule has 0 aromatic heterocycles. The molecule has 0 bridgehead atoms. The highest BCUT2D eigenvalue weighted by molar-refractivity contribution is 5.31. The van der Waals surface area contributed by atoms with E-state index in [1.165, 1.54) is 13.0 Å². The summed E-state index contributed by atoms with van der Waals surface area (Å²) in [5.74, 6) is -1.30. The molecule has 1 atom stereocenters. The van der Waals surface area contributed by atoms with Crippen molar-refractivity contribution in [1.29, 1.82) is 5.26 Å². The van der Waals surface area contributed by atoms with Crippen LogP contribution in [0, 0.1) is 29.9 Å². The fourth-order valence-corrected chi connectivity index (χ4v) is 1.26. The molecule has 0 fully saturated rings. The minimum Gasteiger partial charge on any atom is -0.323 e. The maximum absolute atomic E-state index is 13.1. The highest BCUT2D eigenvalue weighted by Gasteiger charge is 2.13. The SMILES string of the molecule is Cc1c(F)cc(F)cc1[C@@H](N)CC#N. The minimum atomic E-state index is -0.670. The van der Waals surface area contributed by atoms with Crippen LogP contribution in [0.15, 0.2) is 12.1 Å². The first-order valence-electron chi connectivity index (χ1n) is 4.14. The van der Waals surface area contributed by atoms with Crippen LogP contribution in [-0.2, 0) is 0 Å². The number of nitriles is 1. The van der Waals surface area contributed by atoms with Crippen molar-refractivity contribution in [3.8, 4) is 6.07 Å². The molecule has 0 spiro atoms. The van der Waals surface area contributed by atoms with E-state index >= 15 is 0 Å². The van der Waals surface area contributed by atoms with Gasteiger partial charge in [0, 0.05) is 12.1 Å². The molecular weight excluding hydrogens is 186 g/mol. The Bertz CT molecular complexity index is 382. The summed E-state index contributed by atoms with van der Waals surface area (Å²) in [5.41, 5.74) is 6.24. The zero-order valence-electron chi connectivity index (χ0n) is 7.72. The standard InChI is InChI=1S/C10H10F2N2/c1-6-8(10(14)2-3-13)4-7(11)5-9(6)12/h4-5,10H,2,14H2,1H3/t10-/m0/s1. The summed E-state index contributed by atoms with van der Waals surface area (Å²) in [4.78, 5) is 0. The Morgan fingerprint density at radius 1 is 1.50 bits per heavy atom. The molecule has 0 aliphatic heterocycles. The van der Waals surface area contributed by atoms with Crippen molar-refractivity contribution in [3.63, 3.8) is 0 Å². The molecule has 0 saturated carbocycles. The van der Waals surface area contributed by atoms with E-state index in [-0.39, 0.29) is 6.42 Å². The van der Waals surface area contributed by atoms with E-state index in [0.29, 0.717) is 11.1 Å². The Kier molecular flexibility index (Phi) is 3.15. The second-order valence-corrected chi connectivity index (χ2v) is 3.07. The molecule has 0 saturated heterocycles. The zero-order valence-corrected chi connectivity index (χ0v) is 7.72. The molecule has 74 valence electrons. The number of benzene rings is 1. The molecule has 0 radical (unpaired) electrons. The lowest BCUT2D eigenvalue weighted by molar-refractivity contribution is 0.566. The van der Waals surface area contributed by atoms with Gasteiger partial charge in [0.1, 0.15) is 11.6 Å². The van der Waals surface area contributed by atoms with Gasteiger partial charge < -0.3 is 5.73 Å². The summed E-state index contributed by atoms with van der Waals surface area (Å²) in [7, 11) is 0. The van der Waals surface area contributed by atoms with Crippen LogP contribution in [0.25, 0.3) is 0 Å². The predicted molar refractivity (Wildman–Crippen MR) is 48.3 cm³/mol. The van der Waals surface area contributed by atoms with E-state index in [2.05, 4.69) is 0 Å². The van der Waals surface area contributed by atoms with Crippen molar-refractivity contribution >= 4 is 0 Å². The van der Waals surface area contributed by atoms with Gasteiger partial charge >= 0.3 is 0 Å². The molecular formula is C10H10F2N2. The molecule has 4 heteroatoms. The van der Waals surface area contributed by atoms with Gasteiger partial charge in [-0.05, 0) is 24.1 Å². The maximum atomic E-state index is 13.1.